The number of aromatic nitrogens is 2. The van der Waals surface area contributed by atoms with Crippen LogP contribution in [0.15, 0.2) is 40.3 Å². The van der Waals surface area contributed by atoms with E-state index in [0.29, 0.717) is 61.3 Å². The summed E-state index contributed by atoms with van der Waals surface area (Å²) in [5.74, 6) is 0.704. The molecule has 31 heavy (non-hydrogen) atoms. The van der Waals surface area contributed by atoms with Crippen LogP contribution in [0.3, 0.4) is 0 Å². The van der Waals surface area contributed by atoms with E-state index >= 15 is 0 Å². The van der Waals surface area contributed by atoms with Crippen LogP contribution in [-0.4, -0.2) is 52.3 Å². The average Bonchev–Trinajstić information content (AvgIpc) is 2.74. The molecule has 0 N–H and O–H groups in total. The van der Waals surface area contributed by atoms with Crippen LogP contribution in [0.1, 0.15) is 24.1 Å². The highest BCUT2D eigenvalue weighted by atomic mass is 32.2. The Bertz CT molecular complexity index is 985. The first-order valence-corrected chi connectivity index (χ1v) is 11.0. The van der Waals surface area contributed by atoms with Crippen molar-refractivity contribution in [2.75, 3.05) is 36.8 Å². The van der Waals surface area contributed by atoms with Crippen molar-refractivity contribution < 1.29 is 18.0 Å². The summed E-state index contributed by atoms with van der Waals surface area (Å²) in [5.41, 5.74) is 0.418. The Morgan fingerprint density at radius 2 is 1.87 bits per heavy atom. The largest absolute Gasteiger partial charge is 0.416 e. The summed E-state index contributed by atoms with van der Waals surface area (Å²) in [6, 6.07) is 6.77. The number of amides is 1. The Morgan fingerprint density at radius 3 is 2.55 bits per heavy atom. The molecule has 168 valence electrons. The highest BCUT2D eigenvalue weighted by molar-refractivity contribution is 7.99. The molecular formula is C21H25F3N4O2S. The smallest absolute Gasteiger partial charge is 0.368 e. The number of carbonyl (C=O) groups is 1. The van der Waals surface area contributed by atoms with Gasteiger partial charge in [0, 0.05) is 62.8 Å². The van der Waals surface area contributed by atoms with Gasteiger partial charge in [-0.2, -0.15) is 13.2 Å². The van der Waals surface area contributed by atoms with E-state index in [9.17, 15) is 22.8 Å². The minimum Gasteiger partial charge on any atom is -0.368 e. The van der Waals surface area contributed by atoms with Gasteiger partial charge in [-0.15, -0.1) is 0 Å². The van der Waals surface area contributed by atoms with Gasteiger partial charge in [-0.1, -0.05) is 17.8 Å². The number of rotatable bonds is 6. The molecule has 1 aliphatic rings. The number of anilines is 1. The van der Waals surface area contributed by atoms with Gasteiger partial charge in [-0.05, 0) is 31.5 Å². The molecular weight excluding hydrogens is 429 g/mol. The van der Waals surface area contributed by atoms with Crippen molar-refractivity contribution >= 4 is 23.4 Å². The van der Waals surface area contributed by atoms with Crippen molar-refractivity contribution in [1.82, 2.24) is 14.5 Å². The molecule has 0 saturated carbocycles. The van der Waals surface area contributed by atoms with Gasteiger partial charge in [-0.3, -0.25) is 14.2 Å². The second-order valence-electron chi connectivity index (χ2n) is 7.45. The Balaban J connectivity index is 1.45. The first-order chi connectivity index (χ1) is 14.6. The van der Waals surface area contributed by atoms with E-state index in [1.807, 2.05) is 4.90 Å². The lowest BCUT2D eigenvalue weighted by Crippen LogP contribution is -2.48. The van der Waals surface area contributed by atoms with Crippen molar-refractivity contribution in [2.45, 2.75) is 31.1 Å². The monoisotopic (exact) mass is 454 g/mol. The Hall–Kier alpha value is -2.49. The Labute approximate surface area is 183 Å². The van der Waals surface area contributed by atoms with E-state index in [2.05, 4.69) is 4.98 Å². The van der Waals surface area contributed by atoms with E-state index in [4.69, 9.17) is 0 Å². The Morgan fingerprint density at radius 1 is 1.16 bits per heavy atom. The van der Waals surface area contributed by atoms with Crippen LogP contribution in [0.5, 0.6) is 0 Å². The number of thioether (sulfide) groups is 1. The summed E-state index contributed by atoms with van der Waals surface area (Å²) >= 11 is 1.45. The molecule has 1 saturated heterocycles. The maximum absolute atomic E-state index is 12.9. The van der Waals surface area contributed by atoms with Gasteiger partial charge in [-0.25, -0.2) is 4.98 Å². The number of hydrogen-bond acceptors (Lipinski definition) is 5. The predicted octanol–water partition coefficient (Wildman–Crippen LogP) is 3.33. The van der Waals surface area contributed by atoms with E-state index in [1.54, 1.807) is 24.9 Å². The SMILES string of the molecule is Cc1cc(=O)n(C)c(SCCCC(=O)N2CCN(c3cccc(C(F)(F)F)c3)CC2)n1. The summed E-state index contributed by atoms with van der Waals surface area (Å²) in [7, 11) is 1.67. The third-order valence-corrected chi connectivity index (χ3v) is 6.28. The molecule has 1 aromatic carbocycles. The number of hydrogen-bond donors (Lipinski definition) is 0. The number of carbonyl (C=O) groups excluding carboxylic acids is 1. The number of benzene rings is 1. The highest BCUT2D eigenvalue weighted by Crippen LogP contribution is 2.32. The fourth-order valence-electron chi connectivity index (χ4n) is 3.39. The van der Waals surface area contributed by atoms with Gasteiger partial charge in [0.05, 0.1) is 5.56 Å². The summed E-state index contributed by atoms with van der Waals surface area (Å²) in [6.07, 6.45) is -3.33. The first-order valence-electron chi connectivity index (χ1n) is 10.0. The molecule has 0 aliphatic carbocycles. The van der Waals surface area contributed by atoms with Crippen molar-refractivity contribution in [1.29, 1.82) is 0 Å². The molecule has 0 unspecified atom stereocenters. The molecule has 1 fully saturated rings. The lowest BCUT2D eigenvalue weighted by Gasteiger charge is -2.36. The fraction of sp³-hybridized carbons (Fsp3) is 0.476. The van der Waals surface area contributed by atoms with E-state index in [-0.39, 0.29) is 11.5 Å². The number of halogens is 3. The molecule has 0 radical (unpaired) electrons. The number of piperazine rings is 1. The summed E-state index contributed by atoms with van der Waals surface area (Å²) in [6.45, 7) is 3.73. The molecule has 0 spiro atoms. The molecule has 2 aromatic rings. The van der Waals surface area contributed by atoms with Crippen LogP contribution in [0, 0.1) is 6.92 Å². The summed E-state index contributed by atoms with van der Waals surface area (Å²) in [4.78, 5) is 32.3. The average molecular weight is 455 g/mol. The van der Waals surface area contributed by atoms with Crippen molar-refractivity contribution in [3.63, 3.8) is 0 Å². The molecule has 6 nitrogen and oxygen atoms in total. The third kappa shape index (κ3) is 6.03. The molecule has 1 aromatic heterocycles. The van der Waals surface area contributed by atoms with Crippen LogP contribution >= 0.6 is 11.8 Å². The molecule has 2 heterocycles. The fourth-order valence-corrected chi connectivity index (χ4v) is 4.36. The van der Waals surface area contributed by atoms with E-state index < -0.39 is 11.7 Å². The highest BCUT2D eigenvalue weighted by Gasteiger charge is 2.31. The van der Waals surface area contributed by atoms with Gasteiger partial charge in [0.15, 0.2) is 5.16 Å². The second-order valence-corrected chi connectivity index (χ2v) is 8.51. The zero-order valence-electron chi connectivity index (χ0n) is 17.5. The summed E-state index contributed by atoms with van der Waals surface area (Å²) in [5, 5.41) is 0.632. The zero-order valence-corrected chi connectivity index (χ0v) is 18.3. The van der Waals surface area contributed by atoms with Gasteiger partial charge in [0.25, 0.3) is 5.56 Å². The lowest BCUT2D eigenvalue weighted by atomic mass is 10.1. The molecule has 1 aliphatic heterocycles. The summed E-state index contributed by atoms with van der Waals surface area (Å²) < 4.78 is 40.3. The standard InChI is InChI=1S/C21H25F3N4O2S/c1-15-13-19(30)26(2)20(25-15)31-12-4-7-18(29)28-10-8-27(9-11-28)17-6-3-5-16(14-17)21(22,23)24/h3,5-6,13-14H,4,7-12H2,1-2H3. The van der Waals surface area contributed by atoms with Crippen LogP contribution < -0.4 is 10.5 Å². The second kappa shape index (κ2) is 9.76. The quantitative estimate of drug-likeness (QED) is 0.381. The molecule has 10 heteroatoms. The van der Waals surface area contributed by atoms with Crippen molar-refractivity contribution in [3.8, 4) is 0 Å². The van der Waals surface area contributed by atoms with E-state index in [1.165, 1.54) is 28.5 Å². The minimum absolute atomic E-state index is 0.0374. The Kier molecular flexibility index (Phi) is 7.30. The van der Waals surface area contributed by atoms with Crippen molar-refractivity contribution in [3.05, 3.63) is 51.9 Å². The van der Waals surface area contributed by atoms with Gasteiger partial charge >= 0.3 is 6.18 Å². The van der Waals surface area contributed by atoms with Crippen LogP contribution in [-0.2, 0) is 18.0 Å². The molecule has 3 rings (SSSR count). The third-order valence-electron chi connectivity index (χ3n) is 5.16. The number of nitrogens with zero attached hydrogens (tertiary/aromatic N) is 4. The molecule has 0 atom stereocenters. The normalized spacial score (nSPS) is 14.7. The lowest BCUT2D eigenvalue weighted by molar-refractivity contribution is -0.137. The molecule has 0 bridgehead atoms. The zero-order chi connectivity index (χ0) is 22.6. The van der Waals surface area contributed by atoms with Crippen LogP contribution in [0.4, 0.5) is 18.9 Å². The maximum Gasteiger partial charge on any atom is 0.416 e. The topological polar surface area (TPSA) is 58.4 Å². The first kappa shape index (κ1) is 23.2. The maximum atomic E-state index is 12.9. The number of aryl methyl sites for hydroxylation is 1. The van der Waals surface area contributed by atoms with Crippen LogP contribution in [0.25, 0.3) is 0 Å². The molecule has 1 amide bonds. The predicted molar refractivity (Wildman–Crippen MR) is 114 cm³/mol. The van der Waals surface area contributed by atoms with Crippen LogP contribution in [0.2, 0.25) is 0 Å². The van der Waals surface area contributed by atoms with Gasteiger partial charge < -0.3 is 9.80 Å². The van der Waals surface area contributed by atoms with Crippen molar-refractivity contribution in [2.24, 2.45) is 7.05 Å². The van der Waals surface area contributed by atoms with E-state index in [0.717, 1.165) is 12.1 Å². The minimum atomic E-state index is -4.37. The van der Waals surface area contributed by atoms with Gasteiger partial charge in [0.2, 0.25) is 5.91 Å². The number of alkyl halides is 3. The van der Waals surface area contributed by atoms with Gasteiger partial charge in [0.1, 0.15) is 0 Å².